The van der Waals surface area contributed by atoms with E-state index in [0.717, 1.165) is 17.9 Å². The molecule has 4 nitrogen and oxygen atoms in total. The van der Waals surface area contributed by atoms with E-state index < -0.39 is 0 Å². The van der Waals surface area contributed by atoms with E-state index in [1.54, 1.807) is 0 Å². The van der Waals surface area contributed by atoms with Crippen LogP contribution in [0.4, 0.5) is 0 Å². The molecule has 0 aliphatic rings. The van der Waals surface area contributed by atoms with Crippen LogP contribution in [0.2, 0.25) is 0 Å². The summed E-state index contributed by atoms with van der Waals surface area (Å²) in [5.41, 5.74) is 1.06. The molecule has 1 aromatic heterocycles. The maximum Gasteiger partial charge on any atom is 0.200 e. The van der Waals surface area contributed by atoms with Gasteiger partial charge in [-0.3, -0.25) is 9.67 Å². The van der Waals surface area contributed by atoms with Crippen LogP contribution < -0.4 is 4.90 Å². The van der Waals surface area contributed by atoms with Gasteiger partial charge in [-0.05, 0) is 24.4 Å². The molecule has 0 spiro atoms. The Kier molecular flexibility index (Phi) is 3.93. The fourth-order valence-electron chi connectivity index (χ4n) is 2.22. The number of quaternary nitrogens is 1. The maximum absolute atomic E-state index is 5.34. The Labute approximate surface area is 112 Å². The molecule has 0 unspecified atom stereocenters. The molecule has 5 heteroatoms. The molecule has 2 aromatic rings. The average Bonchev–Trinajstić information content (AvgIpc) is 2.73. The van der Waals surface area contributed by atoms with Gasteiger partial charge in [-0.15, -0.1) is 0 Å². The zero-order valence-corrected chi connectivity index (χ0v) is 11.8. The minimum Gasteiger partial charge on any atom is -0.331 e. The molecule has 0 fully saturated rings. The van der Waals surface area contributed by atoms with Gasteiger partial charge in [0.25, 0.3) is 0 Å². The van der Waals surface area contributed by atoms with Crippen molar-refractivity contribution in [2.45, 2.75) is 19.4 Å². The molecule has 0 saturated heterocycles. The summed E-state index contributed by atoms with van der Waals surface area (Å²) in [7, 11) is 4.28. The number of rotatable bonds is 4. The van der Waals surface area contributed by atoms with Crippen molar-refractivity contribution in [3.8, 4) is 5.69 Å². The predicted octanol–water partition coefficient (Wildman–Crippen LogP) is 1.53. The fraction of sp³-hybridized carbons (Fsp3) is 0.385. The van der Waals surface area contributed by atoms with Gasteiger partial charge in [0.2, 0.25) is 0 Å². The van der Waals surface area contributed by atoms with Crippen molar-refractivity contribution in [1.29, 1.82) is 0 Å². The number of nitrogens with zero attached hydrogens (tertiary/aromatic N) is 2. The molecule has 0 radical (unpaired) electrons. The molecule has 2 rings (SSSR count). The Morgan fingerprint density at radius 1 is 1.33 bits per heavy atom. The normalized spacial score (nSPS) is 12.9. The Morgan fingerprint density at radius 3 is 2.56 bits per heavy atom. The molecule has 0 bridgehead atoms. The zero-order chi connectivity index (χ0) is 13.1. The van der Waals surface area contributed by atoms with Crippen molar-refractivity contribution in [2.24, 2.45) is 0 Å². The van der Waals surface area contributed by atoms with Gasteiger partial charge in [0.15, 0.2) is 10.6 Å². The van der Waals surface area contributed by atoms with E-state index in [1.807, 2.05) is 34.9 Å². The van der Waals surface area contributed by atoms with E-state index >= 15 is 0 Å². The zero-order valence-electron chi connectivity index (χ0n) is 11.0. The highest BCUT2D eigenvalue weighted by Crippen LogP contribution is 2.16. The first-order chi connectivity index (χ1) is 8.65. The first-order valence-corrected chi connectivity index (χ1v) is 6.58. The van der Waals surface area contributed by atoms with Crippen LogP contribution in [0, 0.1) is 4.77 Å². The predicted molar refractivity (Wildman–Crippen MR) is 74.6 cm³/mol. The summed E-state index contributed by atoms with van der Waals surface area (Å²) in [6.07, 6.45) is 1.02. The lowest BCUT2D eigenvalue weighted by Crippen LogP contribution is -3.06. The lowest BCUT2D eigenvalue weighted by molar-refractivity contribution is -0.893. The Hall–Kier alpha value is -1.46. The van der Waals surface area contributed by atoms with Gasteiger partial charge in [0.1, 0.15) is 6.04 Å². The molecule has 1 atom stereocenters. The minimum atomic E-state index is 0.332. The van der Waals surface area contributed by atoms with Crippen LogP contribution in [-0.4, -0.2) is 28.9 Å². The van der Waals surface area contributed by atoms with Crippen molar-refractivity contribution in [3.05, 3.63) is 40.9 Å². The van der Waals surface area contributed by atoms with Crippen molar-refractivity contribution >= 4 is 12.2 Å². The highest BCUT2D eigenvalue weighted by Gasteiger charge is 2.22. The topological polar surface area (TPSA) is 38.0 Å². The molecular weight excluding hydrogens is 244 g/mol. The summed E-state index contributed by atoms with van der Waals surface area (Å²) in [5, 5.41) is 7.32. The molecule has 0 aliphatic carbocycles. The standard InChI is InChI=1S/C13H18N4S/c1-4-11(16(2)3)12-14-15-13(18)17(12)10-8-6-5-7-9-10/h5-9,11H,4H2,1-3H3,(H,15,18)/p+1/t11-/m1/s1. The van der Waals surface area contributed by atoms with E-state index in [2.05, 4.69) is 31.2 Å². The van der Waals surface area contributed by atoms with Crippen LogP contribution in [0.3, 0.4) is 0 Å². The van der Waals surface area contributed by atoms with Crippen LogP contribution in [0.1, 0.15) is 25.2 Å². The number of para-hydroxylation sites is 1. The summed E-state index contributed by atoms with van der Waals surface area (Å²) in [6, 6.07) is 10.5. The molecule has 1 heterocycles. The third kappa shape index (κ3) is 2.37. The largest absolute Gasteiger partial charge is 0.331 e. The highest BCUT2D eigenvalue weighted by molar-refractivity contribution is 7.71. The number of aromatic amines is 1. The number of aromatic nitrogens is 3. The number of hydrogen-bond donors (Lipinski definition) is 2. The van der Waals surface area contributed by atoms with Crippen LogP contribution in [0.15, 0.2) is 30.3 Å². The van der Waals surface area contributed by atoms with Crippen molar-refractivity contribution in [2.75, 3.05) is 14.1 Å². The molecule has 2 N–H and O–H groups in total. The van der Waals surface area contributed by atoms with Gasteiger partial charge in [-0.2, -0.15) is 5.10 Å². The van der Waals surface area contributed by atoms with Gasteiger partial charge < -0.3 is 4.90 Å². The first kappa shape index (κ1) is 13.0. The molecule has 18 heavy (non-hydrogen) atoms. The maximum atomic E-state index is 5.34. The van der Waals surface area contributed by atoms with Crippen LogP contribution >= 0.6 is 12.2 Å². The van der Waals surface area contributed by atoms with Gasteiger partial charge in [0.05, 0.1) is 14.1 Å². The van der Waals surface area contributed by atoms with E-state index in [9.17, 15) is 0 Å². The van der Waals surface area contributed by atoms with Gasteiger partial charge in [-0.1, -0.05) is 25.1 Å². The van der Waals surface area contributed by atoms with Crippen molar-refractivity contribution in [3.63, 3.8) is 0 Å². The SMILES string of the molecule is CC[C@H](c1n[nH]c(=S)n1-c1ccccc1)[NH+](C)C. The number of nitrogens with one attached hydrogen (secondary N) is 2. The third-order valence-electron chi connectivity index (χ3n) is 3.13. The molecule has 0 saturated carbocycles. The van der Waals surface area contributed by atoms with Crippen molar-refractivity contribution < 1.29 is 4.90 Å². The Bertz CT molecular complexity index is 556. The molecule has 0 aliphatic heterocycles. The summed E-state index contributed by atoms with van der Waals surface area (Å²) in [6.45, 7) is 2.17. The summed E-state index contributed by atoms with van der Waals surface area (Å²) in [4.78, 5) is 1.35. The lowest BCUT2D eigenvalue weighted by Gasteiger charge is -2.19. The summed E-state index contributed by atoms with van der Waals surface area (Å²) < 4.78 is 2.67. The average molecular weight is 263 g/mol. The van der Waals surface area contributed by atoms with E-state index in [4.69, 9.17) is 12.2 Å². The summed E-state index contributed by atoms with van der Waals surface area (Å²) in [5.74, 6) is 0.994. The van der Waals surface area contributed by atoms with Crippen LogP contribution in [-0.2, 0) is 0 Å². The first-order valence-electron chi connectivity index (χ1n) is 6.18. The summed E-state index contributed by atoms with van der Waals surface area (Å²) >= 11 is 5.34. The number of hydrogen-bond acceptors (Lipinski definition) is 2. The molecule has 0 amide bonds. The smallest absolute Gasteiger partial charge is 0.200 e. The van der Waals surface area contributed by atoms with Gasteiger partial charge in [-0.25, -0.2) is 0 Å². The third-order valence-corrected chi connectivity index (χ3v) is 3.40. The Morgan fingerprint density at radius 2 is 2.00 bits per heavy atom. The van der Waals surface area contributed by atoms with Gasteiger partial charge >= 0.3 is 0 Å². The van der Waals surface area contributed by atoms with E-state index in [1.165, 1.54) is 4.90 Å². The monoisotopic (exact) mass is 263 g/mol. The quantitative estimate of drug-likeness (QED) is 0.821. The Balaban J connectivity index is 2.55. The van der Waals surface area contributed by atoms with E-state index in [0.29, 0.717) is 10.8 Å². The number of benzene rings is 1. The van der Waals surface area contributed by atoms with Crippen LogP contribution in [0.5, 0.6) is 0 Å². The second-order valence-corrected chi connectivity index (χ2v) is 4.98. The lowest BCUT2D eigenvalue weighted by atomic mass is 10.2. The number of H-pyrrole nitrogens is 1. The molecular formula is C13H19N4S+. The van der Waals surface area contributed by atoms with Crippen molar-refractivity contribution in [1.82, 2.24) is 14.8 Å². The highest BCUT2D eigenvalue weighted by atomic mass is 32.1. The second-order valence-electron chi connectivity index (χ2n) is 4.60. The molecule has 96 valence electrons. The second kappa shape index (κ2) is 5.46. The minimum absolute atomic E-state index is 0.332. The fourth-order valence-corrected chi connectivity index (χ4v) is 2.46. The molecule has 1 aromatic carbocycles. The van der Waals surface area contributed by atoms with Crippen LogP contribution in [0.25, 0.3) is 5.69 Å². The van der Waals surface area contributed by atoms with E-state index in [-0.39, 0.29) is 0 Å². The van der Waals surface area contributed by atoms with Gasteiger partial charge in [0, 0.05) is 12.1 Å².